The second kappa shape index (κ2) is 13.5. The number of ether oxygens (including phenoxy) is 6. The molecule has 1 aliphatic heterocycles. The van der Waals surface area contributed by atoms with Crippen molar-refractivity contribution >= 4 is 23.1 Å². The largest absolute Gasteiger partial charge is 0.491 e. The summed E-state index contributed by atoms with van der Waals surface area (Å²) in [6.45, 7) is 7.45. The van der Waals surface area contributed by atoms with E-state index in [2.05, 4.69) is 36.1 Å². The summed E-state index contributed by atoms with van der Waals surface area (Å²) in [6, 6.07) is 12.5. The lowest BCUT2D eigenvalue weighted by atomic mass is 10.2. The molecule has 176 valence electrons. The van der Waals surface area contributed by atoms with Crippen LogP contribution in [0.3, 0.4) is 0 Å². The molecule has 0 radical (unpaired) electrons. The van der Waals surface area contributed by atoms with Gasteiger partial charge in [0.2, 0.25) is 0 Å². The van der Waals surface area contributed by atoms with Gasteiger partial charge in [-0.05, 0) is 43.3 Å². The number of hydrogen-bond acceptors (Lipinski definition) is 8. The molecule has 0 saturated carbocycles. The lowest BCUT2D eigenvalue weighted by molar-refractivity contribution is 0.0544. The van der Waals surface area contributed by atoms with Crippen LogP contribution in [0, 0.1) is 0 Å². The molecule has 0 aliphatic carbocycles. The van der Waals surface area contributed by atoms with Crippen LogP contribution in [0.5, 0.6) is 11.5 Å². The zero-order valence-corrected chi connectivity index (χ0v) is 19.9. The van der Waals surface area contributed by atoms with Gasteiger partial charge < -0.3 is 33.3 Å². The van der Waals surface area contributed by atoms with Crippen LogP contribution in [-0.4, -0.2) is 73.6 Å². The van der Waals surface area contributed by atoms with E-state index in [0.717, 1.165) is 27.8 Å². The van der Waals surface area contributed by atoms with Crippen LogP contribution in [0.1, 0.15) is 6.92 Å². The van der Waals surface area contributed by atoms with Crippen molar-refractivity contribution in [1.82, 2.24) is 0 Å². The van der Waals surface area contributed by atoms with E-state index in [0.29, 0.717) is 52.9 Å². The third-order valence-corrected chi connectivity index (χ3v) is 5.93. The van der Waals surface area contributed by atoms with Crippen LogP contribution < -0.4 is 14.4 Å². The van der Waals surface area contributed by atoms with Crippen molar-refractivity contribution in [3.05, 3.63) is 36.4 Å². The van der Waals surface area contributed by atoms with E-state index in [-0.39, 0.29) is 0 Å². The summed E-state index contributed by atoms with van der Waals surface area (Å²) in [6.07, 6.45) is 0. The smallest absolute Gasteiger partial charge is 0.120 e. The van der Waals surface area contributed by atoms with E-state index >= 15 is 0 Å². The van der Waals surface area contributed by atoms with Crippen LogP contribution in [-0.2, 0) is 18.9 Å². The SMILES string of the molecule is CCN1c2ccc(OCCOCCOC)cc2Sc2cc(OCCOCCOC)ccc21. The third kappa shape index (κ3) is 7.02. The first kappa shape index (κ1) is 24.7. The highest BCUT2D eigenvalue weighted by atomic mass is 32.2. The maximum absolute atomic E-state index is 5.88. The van der Waals surface area contributed by atoms with Gasteiger partial charge in [-0.25, -0.2) is 0 Å². The highest BCUT2D eigenvalue weighted by molar-refractivity contribution is 7.99. The first-order valence-electron chi connectivity index (χ1n) is 10.9. The van der Waals surface area contributed by atoms with Gasteiger partial charge >= 0.3 is 0 Å². The zero-order chi connectivity index (χ0) is 22.6. The minimum atomic E-state index is 0.506. The number of nitrogens with zero attached hydrogens (tertiary/aromatic N) is 1. The van der Waals surface area contributed by atoms with E-state index in [1.54, 1.807) is 26.0 Å². The molecule has 7 nitrogen and oxygen atoms in total. The van der Waals surface area contributed by atoms with Crippen LogP contribution in [0.25, 0.3) is 0 Å². The average molecular weight is 464 g/mol. The van der Waals surface area contributed by atoms with E-state index in [1.165, 1.54) is 11.4 Å². The number of methoxy groups -OCH3 is 2. The van der Waals surface area contributed by atoms with Crippen LogP contribution >= 0.6 is 11.8 Å². The van der Waals surface area contributed by atoms with Crippen LogP contribution in [0.4, 0.5) is 11.4 Å². The van der Waals surface area contributed by atoms with Crippen molar-refractivity contribution in [1.29, 1.82) is 0 Å². The lowest BCUT2D eigenvalue weighted by Gasteiger charge is -2.32. The minimum absolute atomic E-state index is 0.506. The Labute approximate surface area is 194 Å². The van der Waals surface area contributed by atoms with Gasteiger partial charge in [0.15, 0.2) is 0 Å². The molecule has 0 atom stereocenters. The minimum Gasteiger partial charge on any atom is -0.491 e. The number of benzene rings is 2. The Bertz CT molecular complexity index is 769. The molecule has 0 spiro atoms. The maximum atomic E-state index is 5.88. The first-order chi connectivity index (χ1) is 15.8. The Balaban J connectivity index is 1.60. The van der Waals surface area contributed by atoms with E-state index in [1.807, 2.05) is 12.1 Å². The van der Waals surface area contributed by atoms with Gasteiger partial charge in [0.1, 0.15) is 24.7 Å². The fourth-order valence-electron chi connectivity index (χ4n) is 3.29. The summed E-state index contributed by atoms with van der Waals surface area (Å²) in [5.74, 6) is 1.68. The number of fused-ring (bicyclic) bond motifs is 2. The number of hydrogen-bond donors (Lipinski definition) is 0. The Kier molecular flexibility index (Phi) is 10.4. The predicted octanol–water partition coefficient (Wildman–Crippen LogP) is 4.39. The molecule has 0 amide bonds. The van der Waals surface area contributed by atoms with E-state index in [4.69, 9.17) is 28.4 Å². The van der Waals surface area contributed by atoms with Gasteiger partial charge in [0, 0.05) is 30.6 Å². The first-order valence-corrected chi connectivity index (χ1v) is 11.7. The highest BCUT2D eigenvalue weighted by Crippen LogP contribution is 2.50. The predicted molar refractivity (Wildman–Crippen MR) is 126 cm³/mol. The summed E-state index contributed by atoms with van der Waals surface area (Å²) >= 11 is 1.73. The molecule has 0 aromatic heterocycles. The molecule has 0 unspecified atom stereocenters. The van der Waals surface area contributed by atoms with Crippen molar-refractivity contribution in [3.63, 3.8) is 0 Å². The van der Waals surface area contributed by atoms with Crippen molar-refractivity contribution in [3.8, 4) is 11.5 Å². The van der Waals surface area contributed by atoms with Crippen molar-refractivity contribution in [2.45, 2.75) is 16.7 Å². The van der Waals surface area contributed by atoms with Crippen molar-refractivity contribution in [2.24, 2.45) is 0 Å². The molecule has 0 bridgehead atoms. The topological polar surface area (TPSA) is 58.6 Å². The molecule has 2 aromatic rings. The molecule has 0 saturated heterocycles. The van der Waals surface area contributed by atoms with Gasteiger partial charge in [-0.15, -0.1) is 0 Å². The van der Waals surface area contributed by atoms with Gasteiger partial charge in [-0.1, -0.05) is 11.8 Å². The molecule has 3 rings (SSSR count). The summed E-state index contributed by atoms with van der Waals surface area (Å²) in [7, 11) is 3.33. The molecular formula is C24H33NO6S. The Morgan fingerprint density at radius 1 is 0.656 bits per heavy atom. The molecular weight excluding hydrogens is 430 g/mol. The van der Waals surface area contributed by atoms with Crippen molar-refractivity contribution < 1.29 is 28.4 Å². The van der Waals surface area contributed by atoms with Gasteiger partial charge in [0.05, 0.1) is 51.0 Å². The molecule has 32 heavy (non-hydrogen) atoms. The second-order valence-corrected chi connectivity index (χ2v) is 8.10. The average Bonchev–Trinajstić information content (AvgIpc) is 2.81. The zero-order valence-electron chi connectivity index (χ0n) is 19.1. The second-order valence-electron chi connectivity index (χ2n) is 7.01. The summed E-state index contributed by atoms with van der Waals surface area (Å²) in [5.41, 5.74) is 2.38. The number of anilines is 2. The fraction of sp³-hybridized carbons (Fsp3) is 0.500. The van der Waals surface area contributed by atoms with Gasteiger partial charge in [0.25, 0.3) is 0 Å². The standard InChI is InChI=1S/C24H33NO6S/c1-4-25-21-7-5-19(30-15-13-28-11-9-26-2)17-23(21)32-24-18-20(6-8-22(24)25)31-16-14-29-12-10-27-3/h5-8,17-18H,4,9-16H2,1-3H3. The molecule has 0 fully saturated rings. The van der Waals surface area contributed by atoms with Crippen LogP contribution in [0.15, 0.2) is 46.2 Å². The summed E-state index contributed by atoms with van der Waals surface area (Å²) in [5, 5.41) is 0. The van der Waals surface area contributed by atoms with E-state index < -0.39 is 0 Å². The normalized spacial score (nSPS) is 12.4. The quantitative estimate of drug-likeness (QED) is 0.361. The Morgan fingerprint density at radius 2 is 1.12 bits per heavy atom. The Hall–Kier alpha value is -1.97. The lowest BCUT2D eigenvalue weighted by Crippen LogP contribution is -2.20. The summed E-state index contributed by atoms with van der Waals surface area (Å²) < 4.78 is 32.7. The van der Waals surface area contributed by atoms with Gasteiger partial charge in [-0.3, -0.25) is 0 Å². The van der Waals surface area contributed by atoms with Crippen LogP contribution in [0.2, 0.25) is 0 Å². The molecule has 0 N–H and O–H groups in total. The maximum Gasteiger partial charge on any atom is 0.120 e. The fourth-order valence-corrected chi connectivity index (χ4v) is 4.45. The molecule has 2 aromatic carbocycles. The monoisotopic (exact) mass is 463 g/mol. The van der Waals surface area contributed by atoms with E-state index in [9.17, 15) is 0 Å². The molecule has 1 aliphatic rings. The highest BCUT2D eigenvalue weighted by Gasteiger charge is 2.23. The third-order valence-electron chi connectivity index (χ3n) is 4.84. The Morgan fingerprint density at radius 3 is 1.56 bits per heavy atom. The van der Waals surface area contributed by atoms with Crippen molar-refractivity contribution in [2.75, 3.05) is 78.5 Å². The molecule has 8 heteroatoms. The number of rotatable bonds is 15. The summed E-state index contributed by atoms with van der Waals surface area (Å²) in [4.78, 5) is 4.64. The molecule has 1 heterocycles. The van der Waals surface area contributed by atoms with Gasteiger partial charge in [-0.2, -0.15) is 0 Å².